The SMILES string of the molecule is ClCc1cnnn1Cc1nccs1. The molecule has 0 bridgehead atoms. The molecule has 2 rings (SSSR count). The van der Waals surface area contributed by atoms with Gasteiger partial charge in [0, 0.05) is 11.6 Å². The van der Waals surface area contributed by atoms with E-state index in [4.69, 9.17) is 11.6 Å². The van der Waals surface area contributed by atoms with E-state index < -0.39 is 0 Å². The number of rotatable bonds is 3. The predicted molar refractivity (Wildman–Crippen MR) is 50.8 cm³/mol. The topological polar surface area (TPSA) is 43.6 Å². The van der Waals surface area contributed by atoms with Crippen LogP contribution in [0.4, 0.5) is 0 Å². The Morgan fingerprint density at radius 2 is 2.46 bits per heavy atom. The van der Waals surface area contributed by atoms with Crippen LogP contribution < -0.4 is 0 Å². The lowest BCUT2D eigenvalue weighted by Gasteiger charge is -1.99. The highest BCUT2D eigenvalue weighted by Crippen LogP contribution is 2.08. The van der Waals surface area contributed by atoms with E-state index in [9.17, 15) is 0 Å². The van der Waals surface area contributed by atoms with Gasteiger partial charge in [0.05, 0.1) is 24.3 Å². The average molecular weight is 215 g/mol. The maximum absolute atomic E-state index is 5.70. The minimum Gasteiger partial charge on any atom is -0.248 e. The van der Waals surface area contributed by atoms with Gasteiger partial charge in [-0.05, 0) is 0 Å². The molecule has 0 unspecified atom stereocenters. The van der Waals surface area contributed by atoms with E-state index >= 15 is 0 Å². The summed E-state index contributed by atoms with van der Waals surface area (Å²) in [6.45, 7) is 0.653. The normalized spacial score (nSPS) is 10.5. The first-order chi connectivity index (χ1) is 6.40. The molecule has 0 spiro atoms. The molecule has 0 fully saturated rings. The van der Waals surface area contributed by atoms with Crippen molar-refractivity contribution in [3.63, 3.8) is 0 Å². The Morgan fingerprint density at radius 3 is 3.15 bits per heavy atom. The van der Waals surface area contributed by atoms with Gasteiger partial charge in [0.2, 0.25) is 0 Å². The zero-order valence-electron chi connectivity index (χ0n) is 6.72. The number of alkyl halides is 1. The van der Waals surface area contributed by atoms with E-state index in [1.54, 1.807) is 28.4 Å². The highest BCUT2D eigenvalue weighted by molar-refractivity contribution is 7.09. The van der Waals surface area contributed by atoms with Crippen LogP contribution in [0.2, 0.25) is 0 Å². The zero-order valence-corrected chi connectivity index (χ0v) is 8.29. The molecule has 0 aromatic carbocycles. The van der Waals surface area contributed by atoms with E-state index in [-0.39, 0.29) is 0 Å². The number of nitrogens with zero attached hydrogens (tertiary/aromatic N) is 4. The summed E-state index contributed by atoms with van der Waals surface area (Å²) in [4.78, 5) is 4.15. The summed E-state index contributed by atoms with van der Waals surface area (Å²) in [6, 6.07) is 0. The van der Waals surface area contributed by atoms with Gasteiger partial charge in [-0.25, -0.2) is 9.67 Å². The molecule has 0 atom stereocenters. The molecule has 0 aliphatic rings. The summed E-state index contributed by atoms with van der Waals surface area (Å²) in [5, 5.41) is 10.6. The van der Waals surface area contributed by atoms with Crippen LogP contribution in [0.3, 0.4) is 0 Å². The fraction of sp³-hybridized carbons (Fsp3) is 0.286. The largest absolute Gasteiger partial charge is 0.248 e. The van der Waals surface area contributed by atoms with Crippen LogP contribution in [-0.4, -0.2) is 20.0 Å². The maximum atomic E-state index is 5.70. The van der Waals surface area contributed by atoms with Gasteiger partial charge in [-0.1, -0.05) is 5.21 Å². The minimum atomic E-state index is 0.429. The van der Waals surface area contributed by atoms with Gasteiger partial charge in [-0.15, -0.1) is 28.0 Å². The second-order valence-electron chi connectivity index (χ2n) is 2.44. The molecule has 68 valence electrons. The lowest BCUT2D eigenvalue weighted by atomic mass is 10.5. The highest BCUT2D eigenvalue weighted by atomic mass is 35.5. The zero-order chi connectivity index (χ0) is 9.10. The summed E-state index contributed by atoms with van der Waals surface area (Å²) < 4.78 is 1.76. The monoisotopic (exact) mass is 214 g/mol. The van der Waals surface area contributed by atoms with Gasteiger partial charge in [-0.3, -0.25) is 0 Å². The van der Waals surface area contributed by atoms with Crippen LogP contribution in [0.5, 0.6) is 0 Å². The summed E-state index contributed by atoms with van der Waals surface area (Å²) in [6.07, 6.45) is 3.44. The highest BCUT2D eigenvalue weighted by Gasteiger charge is 2.04. The molecule has 2 aromatic heterocycles. The van der Waals surface area contributed by atoms with Crippen molar-refractivity contribution in [3.8, 4) is 0 Å². The number of thiazole rings is 1. The van der Waals surface area contributed by atoms with Crippen molar-refractivity contribution in [2.75, 3.05) is 0 Å². The molecule has 0 amide bonds. The molecule has 0 saturated carbocycles. The molecule has 0 N–H and O–H groups in total. The fourth-order valence-corrected chi connectivity index (χ4v) is 1.78. The van der Waals surface area contributed by atoms with Crippen molar-refractivity contribution in [1.29, 1.82) is 0 Å². The van der Waals surface area contributed by atoms with Crippen LogP contribution in [0.25, 0.3) is 0 Å². The van der Waals surface area contributed by atoms with Crippen LogP contribution >= 0.6 is 22.9 Å². The summed E-state index contributed by atoms with van der Waals surface area (Å²) in [5.74, 6) is 0.429. The lowest BCUT2D eigenvalue weighted by molar-refractivity contribution is 0.628. The Hall–Kier alpha value is -0.940. The summed E-state index contributed by atoms with van der Waals surface area (Å²) in [5.41, 5.74) is 0.914. The second kappa shape index (κ2) is 3.85. The molecule has 6 heteroatoms. The predicted octanol–water partition coefficient (Wildman–Crippen LogP) is 1.52. The standard InChI is InChI=1S/C7H7ClN4S/c8-3-6-4-10-11-12(6)5-7-9-1-2-13-7/h1-2,4H,3,5H2. The first-order valence-corrected chi connectivity index (χ1v) is 5.13. The Labute approximate surface area is 84.2 Å². The van der Waals surface area contributed by atoms with Crippen LogP contribution in [0.15, 0.2) is 17.8 Å². The fourth-order valence-electron chi connectivity index (χ4n) is 0.975. The van der Waals surface area contributed by atoms with Crippen molar-refractivity contribution in [1.82, 2.24) is 20.0 Å². The number of hydrogen-bond donors (Lipinski definition) is 0. The van der Waals surface area contributed by atoms with Crippen molar-refractivity contribution >= 4 is 22.9 Å². The molecule has 0 aliphatic carbocycles. The van der Waals surface area contributed by atoms with E-state index in [1.165, 1.54) is 0 Å². The molecular formula is C7H7ClN4S. The van der Waals surface area contributed by atoms with Gasteiger partial charge in [0.15, 0.2) is 0 Å². The molecule has 0 radical (unpaired) electrons. The third-order valence-electron chi connectivity index (χ3n) is 1.60. The molecule has 2 heterocycles. The van der Waals surface area contributed by atoms with Crippen LogP contribution in [0, 0.1) is 0 Å². The molecule has 2 aromatic rings. The number of aromatic nitrogens is 4. The van der Waals surface area contributed by atoms with E-state index in [2.05, 4.69) is 15.3 Å². The van der Waals surface area contributed by atoms with E-state index in [0.29, 0.717) is 12.4 Å². The Balaban J connectivity index is 2.18. The number of halogens is 1. The maximum Gasteiger partial charge on any atom is 0.114 e. The Kier molecular flexibility index (Phi) is 2.56. The summed E-state index contributed by atoms with van der Waals surface area (Å²) >= 11 is 7.29. The summed E-state index contributed by atoms with van der Waals surface area (Å²) in [7, 11) is 0. The number of hydrogen-bond acceptors (Lipinski definition) is 4. The average Bonchev–Trinajstić information content (AvgIpc) is 2.76. The third kappa shape index (κ3) is 1.87. The molecule has 0 saturated heterocycles. The molecule has 0 aliphatic heterocycles. The first kappa shape index (κ1) is 8.65. The van der Waals surface area contributed by atoms with Crippen molar-refractivity contribution in [2.24, 2.45) is 0 Å². The van der Waals surface area contributed by atoms with Gasteiger partial charge in [0.1, 0.15) is 5.01 Å². The Bertz CT molecular complexity index is 370. The minimum absolute atomic E-state index is 0.429. The molecule has 13 heavy (non-hydrogen) atoms. The van der Waals surface area contributed by atoms with Crippen molar-refractivity contribution < 1.29 is 0 Å². The van der Waals surface area contributed by atoms with Gasteiger partial charge < -0.3 is 0 Å². The lowest BCUT2D eigenvalue weighted by Crippen LogP contribution is -2.04. The van der Waals surface area contributed by atoms with Crippen molar-refractivity contribution in [3.05, 3.63) is 28.5 Å². The van der Waals surface area contributed by atoms with E-state index in [1.807, 2.05) is 5.38 Å². The molecule has 4 nitrogen and oxygen atoms in total. The first-order valence-electron chi connectivity index (χ1n) is 3.72. The van der Waals surface area contributed by atoms with Crippen molar-refractivity contribution in [2.45, 2.75) is 12.4 Å². The smallest absolute Gasteiger partial charge is 0.114 e. The van der Waals surface area contributed by atoms with Crippen LogP contribution in [-0.2, 0) is 12.4 Å². The quantitative estimate of drug-likeness (QED) is 0.728. The van der Waals surface area contributed by atoms with Gasteiger partial charge >= 0.3 is 0 Å². The third-order valence-corrected chi connectivity index (χ3v) is 2.64. The second-order valence-corrected chi connectivity index (χ2v) is 3.69. The van der Waals surface area contributed by atoms with E-state index in [0.717, 1.165) is 10.7 Å². The van der Waals surface area contributed by atoms with Crippen LogP contribution in [0.1, 0.15) is 10.7 Å². The van der Waals surface area contributed by atoms with Gasteiger partial charge in [-0.2, -0.15) is 0 Å². The Morgan fingerprint density at radius 1 is 1.54 bits per heavy atom. The molecular weight excluding hydrogens is 208 g/mol. The van der Waals surface area contributed by atoms with Gasteiger partial charge in [0.25, 0.3) is 0 Å².